The van der Waals surface area contributed by atoms with E-state index in [-0.39, 0.29) is 12.6 Å². The van der Waals surface area contributed by atoms with Crippen LogP contribution >= 0.6 is 7.82 Å². The first kappa shape index (κ1) is 41.3. The first-order chi connectivity index (χ1) is 20.0. The fraction of sp³-hybridized carbons (Fsp3) is 0.690. The number of phosphoric ester groups is 1. The Bertz CT molecular complexity index is 896. The van der Waals surface area contributed by atoms with Gasteiger partial charge in [0, 0.05) is 6.42 Å². The van der Waals surface area contributed by atoms with Crippen LogP contribution in [0.1, 0.15) is 71.1 Å². The van der Waals surface area contributed by atoms with E-state index >= 15 is 0 Å². The van der Waals surface area contributed by atoms with Crippen LogP contribution in [0.2, 0.25) is 0 Å². The molecule has 0 aromatic carbocycles. The van der Waals surface area contributed by atoms with Gasteiger partial charge in [0.15, 0.2) is 0 Å². The van der Waals surface area contributed by atoms with E-state index in [1.807, 2.05) is 12.2 Å². The normalized spacial score (nSPS) is 26.7. The summed E-state index contributed by atoms with van der Waals surface area (Å²) in [5.74, 6) is -0.582. The number of phosphoric acid groups is 1. The van der Waals surface area contributed by atoms with Gasteiger partial charge in [-0.15, -0.1) is 0 Å². The maximum Gasteiger partial charge on any atom is 0.305 e. The number of aliphatic hydroxyl groups is 6. The third-order valence-corrected chi connectivity index (χ3v) is 7.36. The fourth-order valence-corrected chi connectivity index (χ4v) is 4.88. The van der Waals surface area contributed by atoms with Crippen molar-refractivity contribution in [2.45, 2.75) is 114 Å². The van der Waals surface area contributed by atoms with E-state index in [9.17, 15) is 44.9 Å². The van der Waals surface area contributed by atoms with Crippen molar-refractivity contribution in [2.75, 3.05) is 13.2 Å². The van der Waals surface area contributed by atoms with Crippen LogP contribution in [0.4, 0.5) is 0 Å². The standard InChI is InChI=1S/C29H49O12P.H3N/c1-2-3-4-5-6-7-8-9-10-11-12-13-14-15-16-17-18-19-23(31)39-20-22(30)21-40-42(37,38)41-29-27(35)25(33)24(32)26(34)28(29)36;/h6-7,9-10,12-13,15-16,22,24-30,32-36H,2-5,8,11,14,17-21H2,1H3,(H,37,38);1H3/b7-6-,10-9-,13-12-,16-15-;/t22-,24?,25-,26?,27?,28?,29?;/m1./s1. The number of rotatable bonds is 21. The highest BCUT2D eigenvalue weighted by molar-refractivity contribution is 7.45. The molecule has 0 amide bonds. The monoisotopic (exact) mass is 637 g/mol. The maximum absolute atomic E-state index is 12.0. The SMILES string of the molecule is CCCCC/C=C\C/C=C\C/C=C\C/C=C\CCCC(=O)OC[C@@H](O)COP(=O)([O-])OC1C(O)C(O)C(O)[C@@H](O)C1O.[NH4+]. The van der Waals surface area contributed by atoms with Crippen LogP contribution in [0.25, 0.3) is 0 Å². The molecule has 1 aliphatic rings. The van der Waals surface area contributed by atoms with Crippen molar-refractivity contribution in [3.05, 3.63) is 48.6 Å². The first-order valence-corrected chi connectivity index (χ1v) is 15.9. The number of unbranched alkanes of at least 4 members (excludes halogenated alkanes) is 4. The molecule has 0 bridgehead atoms. The van der Waals surface area contributed by atoms with E-state index in [2.05, 4.69) is 52.4 Å². The van der Waals surface area contributed by atoms with Crippen molar-refractivity contribution in [2.24, 2.45) is 0 Å². The molecule has 1 saturated carbocycles. The number of quaternary nitrogens is 1. The van der Waals surface area contributed by atoms with Crippen molar-refractivity contribution < 1.29 is 58.7 Å². The van der Waals surface area contributed by atoms with Crippen molar-refractivity contribution in [1.82, 2.24) is 6.15 Å². The average molecular weight is 638 g/mol. The molecule has 43 heavy (non-hydrogen) atoms. The van der Waals surface area contributed by atoms with Gasteiger partial charge < -0.3 is 55.5 Å². The molecular formula is C29H52NO12P. The molecule has 0 aliphatic heterocycles. The topological polar surface area (TPSA) is 243 Å². The second-order valence-electron chi connectivity index (χ2n) is 10.1. The molecule has 0 saturated heterocycles. The third-order valence-electron chi connectivity index (χ3n) is 6.39. The van der Waals surface area contributed by atoms with Crippen LogP contribution < -0.4 is 11.0 Å². The molecule has 14 heteroatoms. The van der Waals surface area contributed by atoms with Crippen LogP contribution in [0.15, 0.2) is 48.6 Å². The second kappa shape index (κ2) is 23.6. The zero-order chi connectivity index (χ0) is 31.4. The molecule has 6 unspecified atom stereocenters. The Morgan fingerprint density at radius 3 is 1.74 bits per heavy atom. The zero-order valence-electron chi connectivity index (χ0n) is 25.2. The van der Waals surface area contributed by atoms with Gasteiger partial charge in [-0.25, -0.2) is 0 Å². The predicted molar refractivity (Wildman–Crippen MR) is 160 cm³/mol. The molecule has 1 fully saturated rings. The van der Waals surface area contributed by atoms with Gasteiger partial charge in [0.25, 0.3) is 7.82 Å². The van der Waals surface area contributed by atoms with Crippen molar-refractivity contribution in [1.29, 1.82) is 0 Å². The summed E-state index contributed by atoms with van der Waals surface area (Å²) >= 11 is 0. The molecule has 1 rings (SSSR count). The van der Waals surface area contributed by atoms with E-state index in [1.165, 1.54) is 19.3 Å². The molecule has 10 N–H and O–H groups in total. The van der Waals surface area contributed by atoms with Gasteiger partial charge >= 0.3 is 5.97 Å². The van der Waals surface area contributed by atoms with Crippen LogP contribution in [0.3, 0.4) is 0 Å². The lowest BCUT2D eigenvalue weighted by Gasteiger charge is -2.43. The van der Waals surface area contributed by atoms with Crippen molar-refractivity contribution >= 4 is 13.8 Å². The lowest BCUT2D eigenvalue weighted by atomic mass is 9.85. The van der Waals surface area contributed by atoms with Crippen molar-refractivity contribution in [3.8, 4) is 0 Å². The van der Waals surface area contributed by atoms with E-state index in [1.54, 1.807) is 0 Å². The predicted octanol–water partition coefficient (Wildman–Crippen LogP) is 2.10. The number of hydrogen-bond acceptors (Lipinski definition) is 12. The Balaban J connectivity index is 0.0000176. The summed E-state index contributed by atoms with van der Waals surface area (Å²) in [6.07, 6.45) is 12.2. The molecule has 0 radical (unpaired) electrons. The molecular weight excluding hydrogens is 585 g/mol. The number of hydrogen-bond donors (Lipinski definition) is 7. The molecule has 1 aliphatic carbocycles. The summed E-state index contributed by atoms with van der Waals surface area (Å²) in [5.41, 5.74) is 0. The summed E-state index contributed by atoms with van der Waals surface area (Å²) in [6, 6.07) is 0. The molecule has 0 aromatic heterocycles. The number of allylic oxidation sites excluding steroid dienone is 8. The molecule has 0 aromatic rings. The Morgan fingerprint density at radius 2 is 1.23 bits per heavy atom. The second-order valence-corrected chi connectivity index (χ2v) is 11.4. The Kier molecular flexibility index (Phi) is 22.7. The molecule has 8 atom stereocenters. The lowest BCUT2D eigenvalue weighted by Crippen LogP contribution is -2.64. The highest BCUT2D eigenvalue weighted by Gasteiger charge is 2.50. The van der Waals surface area contributed by atoms with E-state index in [4.69, 9.17) is 4.74 Å². The largest absolute Gasteiger partial charge is 0.756 e. The Morgan fingerprint density at radius 1 is 0.767 bits per heavy atom. The smallest absolute Gasteiger partial charge is 0.305 e. The third kappa shape index (κ3) is 18.0. The van der Waals surface area contributed by atoms with Crippen LogP contribution in [-0.4, -0.2) is 92.5 Å². The van der Waals surface area contributed by atoms with Crippen LogP contribution in [0.5, 0.6) is 0 Å². The number of aliphatic hydroxyl groups excluding tert-OH is 6. The minimum absolute atomic E-state index is 0. The van der Waals surface area contributed by atoms with Crippen LogP contribution in [-0.2, 0) is 23.1 Å². The quantitative estimate of drug-likeness (QED) is 0.0414. The molecule has 250 valence electrons. The summed E-state index contributed by atoms with van der Waals surface area (Å²) < 4.78 is 25.9. The van der Waals surface area contributed by atoms with E-state index in [0.29, 0.717) is 12.8 Å². The van der Waals surface area contributed by atoms with Gasteiger partial charge in [0.05, 0.1) is 6.61 Å². The van der Waals surface area contributed by atoms with Gasteiger partial charge in [-0.2, -0.15) is 0 Å². The number of esters is 1. The van der Waals surface area contributed by atoms with E-state index in [0.717, 1.165) is 25.7 Å². The Labute approximate surface area is 254 Å². The molecule has 0 spiro atoms. The minimum Gasteiger partial charge on any atom is -0.756 e. The maximum atomic E-state index is 12.0. The fourth-order valence-electron chi connectivity index (χ4n) is 3.91. The van der Waals surface area contributed by atoms with Crippen molar-refractivity contribution in [3.63, 3.8) is 0 Å². The highest BCUT2D eigenvalue weighted by Crippen LogP contribution is 2.43. The summed E-state index contributed by atoms with van der Waals surface area (Å²) in [4.78, 5) is 23.9. The van der Waals surface area contributed by atoms with Gasteiger partial charge in [-0.1, -0.05) is 68.4 Å². The van der Waals surface area contributed by atoms with Gasteiger partial charge in [0.1, 0.15) is 49.3 Å². The number of ether oxygens (including phenoxy) is 1. The zero-order valence-corrected chi connectivity index (χ0v) is 26.1. The summed E-state index contributed by atoms with van der Waals surface area (Å²) in [5, 5.41) is 58.4. The van der Waals surface area contributed by atoms with Gasteiger partial charge in [-0.3, -0.25) is 9.36 Å². The van der Waals surface area contributed by atoms with Crippen LogP contribution in [0, 0.1) is 0 Å². The first-order valence-electron chi connectivity index (χ1n) is 14.5. The minimum atomic E-state index is -5.25. The summed E-state index contributed by atoms with van der Waals surface area (Å²) in [7, 11) is -5.25. The number of carbonyl (C=O) groups excluding carboxylic acids is 1. The van der Waals surface area contributed by atoms with E-state index < -0.39 is 69.7 Å². The van der Waals surface area contributed by atoms with Gasteiger partial charge in [0.2, 0.25) is 0 Å². The Hall–Kier alpha value is -1.74. The molecule has 0 heterocycles. The highest BCUT2D eigenvalue weighted by atomic mass is 31.2. The average Bonchev–Trinajstić information content (AvgIpc) is 2.96. The lowest BCUT2D eigenvalue weighted by molar-refractivity contribution is -0.261. The summed E-state index contributed by atoms with van der Waals surface area (Å²) in [6.45, 7) is 0.802. The van der Waals surface area contributed by atoms with Gasteiger partial charge in [-0.05, 0) is 44.9 Å². The number of carbonyl (C=O) groups is 1. The molecule has 13 nitrogen and oxygen atoms in total.